The molecule has 6 heteroatoms. The third-order valence-corrected chi connectivity index (χ3v) is 4.94. The van der Waals surface area contributed by atoms with Crippen molar-refractivity contribution in [2.24, 2.45) is 10.9 Å². The lowest BCUT2D eigenvalue weighted by Crippen LogP contribution is -2.42. The standard InChI is InChI=1S/C22H39N5O/c1-6-23-22(26-18(4)9-7-8-17(2)3)25-15-20-10-11-24-21(14-20)27-12-13-28-19(5)16-27/h10-11,14,17-19H,6-9,12-13,15-16H2,1-5H3,(H2,23,25,26). The molecule has 158 valence electrons. The van der Waals surface area contributed by atoms with Gasteiger partial charge in [0.1, 0.15) is 5.82 Å². The second kappa shape index (κ2) is 11.9. The lowest BCUT2D eigenvalue weighted by atomic mass is 10.0. The van der Waals surface area contributed by atoms with E-state index in [4.69, 9.17) is 9.73 Å². The molecule has 0 aliphatic carbocycles. The van der Waals surface area contributed by atoms with Crippen molar-refractivity contribution >= 4 is 11.8 Å². The SMILES string of the molecule is CCNC(=NCc1ccnc(N2CCOC(C)C2)c1)NC(C)CCCC(C)C. The maximum Gasteiger partial charge on any atom is 0.191 e. The number of rotatable bonds is 9. The van der Waals surface area contributed by atoms with E-state index < -0.39 is 0 Å². The van der Waals surface area contributed by atoms with Crippen molar-refractivity contribution in [2.75, 3.05) is 31.1 Å². The molecule has 1 aliphatic heterocycles. The summed E-state index contributed by atoms with van der Waals surface area (Å²) >= 11 is 0. The fourth-order valence-corrected chi connectivity index (χ4v) is 3.39. The van der Waals surface area contributed by atoms with E-state index in [2.05, 4.69) is 61.2 Å². The molecule has 0 bridgehead atoms. The first-order chi connectivity index (χ1) is 13.5. The van der Waals surface area contributed by atoms with Gasteiger partial charge in [0.15, 0.2) is 5.96 Å². The largest absolute Gasteiger partial charge is 0.375 e. The number of morpholine rings is 1. The van der Waals surface area contributed by atoms with Gasteiger partial charge >= 0.3 is 0 Å². The summed E-state index contributed by atoms with van der Waals surface area (Å²) in [6, 6.07) is 4.61. The molecule has 1 aromatic rings. The van der Waals surface area contributed by atoms with Gasteiger partial charge in [-0.25, -0.2) is 9.98 Å². The summed E-state index contributed by atoms with van der Waals surface area (Å²) in [5.74, 6) is 2.67. The molecule has 0 saturated carbocycles. The molecule has 2 heterocycles. The minimum atomic E-state index is 0.249. The van der Waals surface area contributed by atoms with Crippen molar-refractivity contribution < 1.29 is 4.74 Å². The number of aliphatic imine (C=N–C) groups is 1. The second-order valence-electron chi connectivity index (χ2n) is 8.22. The zero-order valence-electron chi connectivity index (χ0n) is 18.4. The van der Waals surface area contributed by atoms with Crippen molar-refractivity contribution in [2.45, 2.75) is 72.6 Å². The van der Waals surface area contributed by atoms with E-state index in [9.17, 15) is 0 Å². The van der Waals surface area contributed by atoms with E-state index in [-0.39, 0.29) is 6.10 Å². The first-order valence-electron chi connectivity index (χ1n) is 10.8. The molecule has 2 N–H and O–H groups in total. The highest BCUT2D eigenvalue weighted by Crippen LogP contribution is 2.17. The quantitative estimate of drug-likeness (QED) is 0.499. The predicted molar refractivity (Wildman–Crippen MR) is 118 cm³/mol. The van der Waals surface area contributed by atoms with Gasteiger partial charge in [0.05, 0.1) is 19.3 Å². The highest BCUT2D eigenvalue weighted by Gasteiger charge is 2.18. The van der Waals surface area contributed by atoms with Crippen LogP contribution in [0.2, 0.25) is 0 Å². The number of anilines is 1. The number of nitrogens with one attached hydrogen (secondary N) is 2. The Morgan fingerprint density at radius 3 is 2.89 bits per heavy atom. The first-order valence-corrected chi connectivity index (χ1v) is 10.8. The van der Waals surface area contributed by atoms with Crippen molar-refractivity contribution in [3.8, 4) is 0 Å². The minimum Gasteiger partial charge on any atom is -0.375 e. The highest BCUT2D eigenvalue weighted by molar-refractivity contribution is 5.80. The van der Waals surface area contributed by atoms with Gasteiger partial charge in [-0.15, -0.1) is 0 Å². The molecule has 0 amide bonds. The van der Waals surface area contributed by atoms with E-state index in [1.807, 2.05) is 12.3 Å². The number of hydrogen-bond donors (Lipinski definition) is 2. The van der Waals surface area contributed by atoms with Crippen LogP contribution in [0.1, 0.15) is 59.4 Å². The Morgan fingerprint density at radius 1 is 1.36 bits per heavy atom. The zero-order valence-corrected chi connectivity index (χ0v) is 18.4. The molecule has 1 aromatic heterocycles. The Bertz CT molecular complexity index is 604. The normalized spacial score (nSPS) is 19.0. The number of aromatic nitrogens is 1. The summed E-state index contributed by atoms with van der Waals surface area (Å²) in [6.45, 7) is 15.0. The van der Waals surface area contributed by atoms with Crippen LogP contribution in [0.3, 0.4) is 0 Å². The Hall–Kier alpha value is -1.82. The Kier molecular flexibility index (Phi) is 9.55. The van der Waals surface area contributed by atoms with E-state index in [0.29, 0.717) is 12.6 Å². The van der Waals surface area contributed by atoms with Crippen LogP contribution in [0.15, 0.2) is 23.3 Å². The predicted octanol–water partition coefficient (Wildman–Crippen LogP) is 3.58. The molecule has 1 aliphatic rings. The summed E-state index contributed by atoms with van der Waals surface area (Å²) in [6.07, 6.45) is 5.82. The molecular weight excluding hydrogens is 350 g/mol. The monoisotopic (exact) mass is 389 g/mol. The van der Waals surface area contributed by atoms with Gasteiger partial charge in [0, 0.05) is 31.9 Å². The molecular formula is C22H39N5O. The minimum absolute atomic E-state index is 0.249. The van der Waals surface area contributed by atoms with Gasteiger partial charge < -0.3 is 20.3 Å². The summed E-state index contributed by atoms with van der Waals surface area (Å²) in [5, 5.41) is 6.91. The third-order valence-electron chi connectivity index (χ3n) is 4.94. The molecule has 28 heavy (non-hydrogen) atoms. The molecule has 2 rings (SSSR count). The van der Waals surface area contributed by atoms with Gasteiger partial charge in [-0.2, -0.15) is 0 Å². The van der Waals surface area contributed by atoms with Crippen LogP contribution in [0.5, 0.6) is 0 Å². The average molecular weight is 390 g/mol. The van der Waals surface area contributed by atoms with Gasteiger partial charge in [-0.3, -0.25) is 0 Å². The van der Waals surface area contributed by atoms with Gasteiger partial charge in [0.2, 0.25) is 0 Å². The molecule has 0 spiro atoms. The van der Waals surface area contributed by atoms with Gasteiger partial charge in [-0.1, -0.05) is 26.7 Å². The Balaban J connectivity index is 1.93. The molecule has 2 atom stereocenters. The van der Waals surface area contributed by atoms with E-state index in [1.54, 1.807) is 0 Å². The summed E-state index contributed by atoms with van der Waals surface area (Å²) in [4.78, 5) is 11.6. The number of ether oxygens (including phenoxy) is 1. The van der Waals surface area contributed by atoms with Crippen LogP contribution in [-0.4, -0.2) is 49.3 Å². The van der Waals surface area contributed by atoms with Crippen LogP contribution < -0.4 is 15.5 Å². The van der Waals surface area contributed by atoms with Crippen LogP contribution in [0.4, 0.5) is 5.82 Å². The van der Waals surface area contributed by atoms with E-state index >= 15 is 0 Å². The molecule has 6 nitrogen and oxygen atoms in total. The van der Waals surface area contributed by atoms with Crippen molar-refractivity contribution in [1.29, 1.82) is 0 Å². The lowest BCUT2D eigenvalue weighted by Gasteiger charge is -2.32. The maximum atomic E-state index is 5.64. The maximum absolute atomic E-state index is 5.64. The van der Waals surface area contributed by atoms with Crippen molar-refractivity contribution in [3.05, 3.63) is 23.9 Å². The zero-order chi connectivity index (χ0) is 20.4. The fourth-order valence-electron chi connectivity index (χ4n) is 3.39. The van der Waals surface area contributed by atoms with Crippen LogP contribution in [0, 0.1) is 5.92 Å². The fraction of sp³-hybridized carbons (Fsp3) is 0.727. The van der Waals surface area contributed by atoms with Crippen LogP contribution in [-0.2, 0) is 11.3 Å². The molecule has 0 aromatic carbocycles. The lowest BCUT2D eigenvalue weighted by molar-refractivity contribution is 0.0529. The van der Waals surface area contributed by atoms with Crippen LogP contribution in [0.25, 0.3) is 0 Å². The summed E-state index contributed by atoms with van der Waals surface area (Å²) in [7, 11) is 0. The van der Waals surface area contributed by atoms with E-state index in [0.717, 1.165) is 50.4 Å². The molecule has 2 unspecified atom stereocenters. The second-order valence-corrected chi connectivity index (χ2v) is 8.22. The third kappa shape index (κ3) is 8.05. The topological polar surface area (TPSA) is 61.8 Å². The van der Waals surface area contributed by atoms with Gasteiger partial charge in [0.25, 0.3) is 0 Å². The smallest absolute Gasteiger partial charge is 0.191 e. The van der Waals surface area contributed by atoms with Crippen LogP contribution >= 0.6 is 0 Å². The summed E-state index contributed by atoms with van der Waals surface area (Å²) < 4.78 is 5.64. The molecule has 1 fully saturated rings. The summed E-state index contributed by atoms with van der Waals surface area (Å²) in [5.41, 5.74) is 1.17. The highest BCUT2D eigenvalue weighted by atomic mass is 16.5. The first kappa shape index (κ1) is 22.5. The number of guanidine groups is 1. The van der Waals surface area contributed by atoms with Crippen molar-refractivity contribution in [3.63, 3.8) is 0 Å². The average Bonchev–Trinajstić information content (AvgIpc) is 2.66. The Morgan fingerprint density at radius 2 is 2.18 bits per heavy atom. The van der Waals surface area contributed by atoms with Gasteiger partial charge in [-0.05, 0) is 50.8 Å². The van der Waals surface area contributed by atoms with E-state index in [1.165, 1.54) is 18.4 Å². The molecule has 0 radical (unpaired) electrons. The number of hydrogen-bond acceptors (Lipinski definition) is 4. The number of pyridine rings is 1. The molecule has 1 saturated heterocycles. The Labute approximate surface area is 171 Å². The number of nitrogens with zero attached hydrogens (tertiary/aromatic N) is 3. The van der Waals surface area contributed by atoms with Crippen molar-refractivity contribution in [1.82, 2.24) is 15.6 Å².